The summed E-state index contributed by atoms with van der Waals surface area (Å²) in [6, 6.07) is 2.28. The van der Waals surface area contributed by atoms with Crippen molar-refractivity contribution < 1.29 is 23.2 Å². The number of amides is 3. The van der Waals surface area contributed by atoms with E-state index < -0.39 is 23.4 Å². The lowest BCUT2D eigenvalue weighted by Crippen LogP contribution is -2.48. The third kappa shape index (κ3) is 5.50. The Morgan fingerprint density at radius 1 is 0.879 bits per heavy atom. The van der Waals surface area contributed by atoms with Crippen LogP contribution in [0.15, 0.2) is 30.6 Å². The second-order valence-electron chi connectivity index (χ2n) is 8.42. The summed E-state index contributed by atoms with van der Waals surface area (Å²) in [6.45, 7) is 1.16. The van der Waals surface area contributed by atoms with Gasteiger partial charge >= 0.3 is 0 Å². The van der Waals surface area contributed by atoms with E-state index in [2.05, 4.69) is 20.6 Å². The molecule has 1 aromatic carbocycles. The first-order valence-corrected chi connectivity index (χ1v) is 11.1. The molecule has 0 bridgehead atoms. The average Bonchev–Trinajstić information content (AvgIpc) is 3.34. The second-order valence-corrected chi connectivity index (χ2v) is 8.42. The van der Waals surface area contributed by atoms with E-state index in [1.807, 2.05) is 4.90 Å². The van der Waals surface area contributed by atoms with Crippen LogP contribution in [0.1, 0.15) is 59.4 Å². The van der Waals surface area contributed by atoms with Crippen molar-refractivity contribution in [3.8, 4) is 0 Å². The maximum atomic E-state index is 13.4. The van der Waals surface area contributed by atoms with Gasteiger partial charge in [-0.25, -0.2) is 18.7 Å². The van der Waals surface area contributed by atoms with Gasteiger partial charge in [0.15, 0.2) is 11.5 Å². The highest BCUT2D eigenvalue weighted by atomic mass is 19.1. The van der Waals surface area contributed by atoms with Crippen molar-refractivity contribution >= 4 is 23.5 Å². The molecule has 1 aromatic heterocycles. The van der Waals surface area contributed by atoms with Gasteiger partial charge in [-0.2, -0.15) is 0 Å². The minimum atomic E-state index is -0.894. The Kier molecular flexibility index (Phi) is 6.90. The second kappa shape index (κ2) is 10.0. The van der Waals surface area contributed by atoms with Gasteiger partial charge in [0.05, 0.1) is 0 Å². The predicted octanol–water partition coefficient (Wildman–Crippen LogP) is 2.92. The molecular formula is C23H25F2N5O3. The van der Waals surface area contributed by atoms with E-state index in [0.29, 0.717) is 32.0 Å². The monoisotopic (exact) mass is 457 g/mol. The van der Waals surface area contributed by atoms with Crippen molar-refractivity contribution in [1.29, 1.82) is 0 Å². The highest BCUT2D eigenvalue weighted by Crippen LogP contribution is 2.27. The summed E-state index contributed by atoms with van der Waals surface area (Å²) in [4.78, 5) is 47.7. The Morgan fingerprint density at radius 2 is 1.52 bits per heavy atom. The van der Waals surface area contributed by atoms with Gasteiger partial charge in [0.2, 0.25) is 5.91 Å². The largest absolute Gasteiger partial charge is 0.348 e. The van der Waals surface area contributed by atoms with Crippen molar-refractivity contribution in [2.75, 3.05) is 18.4 Å². The lowest BCUT2D eigenvalue weighted by molar-refractivity contribution is -0.136. The summed E-state index contributed by atoms with van der Waals surface area (Å²) >= 11 is 0. The molecule has 0 spiro atoms. The van der Waals surface area contributed by atoms with E-state index in [1.54, 1.807) is 0 Å². The highest BCUT2D eigenvalue weighted by Gasteiger charge is 2.31. The van der Waals surface area contributed by atoms with Crippen LogP contribution in [0.2, 0.25) is 0 Å². The number of aromatic nitrogens is 2. The fourth-order valence-electron chi connectivity index (χ4n) is 4.39. The third-order valence-corrected chi connectivity index (χ3v) is 6.12. The van der Waals surface area contributed by atoms with Crippen LogP contribution in [0.4, 0.5) is 14.6 Å². The number of halogens is 2. The first-order valence-electron chi connectivity index (χ1n) is 11.1. The van der Waals surface area contributed by atoms with Gasteiger partial charge in [-0.3, -0.25) is 14.4 Å². The number of rotatable bonds is 5. The number of likely N-dealkylation sites (tertiary alicyclic amines) is 1. The Morgan fingerprint density at radius 3 is 2.18 bits per heavy atom. The fourth-order valence-corrected chi connectivity index (χ4v) is 4.39. The van der Waals surface area contributed by atoms with E-state index in [4.69, 9.17) is 0 Å². The van der Waals surface area contributed by atoms with E-state index >= 15 is 0 Å². The number of piperidine rings is 1. The van der Waals surface area contributed by atoms with Gasteiger partial charge in [0, 0.05) is 49.1 Å². The Labute approximate surface area is 189 Å². The van der Waals surface area contributed by atoms with E-state index in [0.717, 1.165) is 37.8 Å². The van der Waals surface area contributed by atoms with E-state index in [-0.39, 0.29) is 34.9 Å². The zero-order valence-corrected chi connectivity index (χ0v) is 18.0. The zero-order valence-electron chi connectivity index (χ0n) is 18.0. The minimum absolute atomic E-state index is 0.104. The number of nitrogens with one attached hydrogen (secondary N) is 2. The van der Waals surface area contributed by atoms with Crippen LogP contribution in [0.5, 0.6) is 0 Å². The molecule has 4 rings (SSSR count). The molecule has 0 radical (unpaired) electrons. The molecule has 3 amide bonds. The molecule has 2 aliphatic rings. The number of carbonyl (C=O) groups is 3. The van der Waals surface area contributed by atoms with E-state index in [1.165, 1.54) is 12.4 Å². The number of anilines is 1. The molecule has 1 saturated carbocycles. The first kappa shape index (κ1) is 22.8. The minimum Gasteiger partial charge on any atom is -0.348 e. The van der Waals surface area contributed by atoms with Gasteiger partial charge in [0.25, 0.3) is 11.8 Å². The summed E-state index contributed by atoms with van der Waals surface area (Å²) in [5, 5.41) is 5.28. The zero-order chi connectivity index (χ0) is 23.4. The van der Waals surface area contributed by atoms with Gasteiger partial charge in [0.1, 0.15) is 11.6 Å². The Balaban J connectivity index is 1.36. The molecule has 1 aliphatic heterocycles. The molecule has 2 N–H and O–H groups in total. The van der Waals surface area contributed by atoms with Crippen LogP contribution in [-0.2, 0) is 4.79 Å². The number of benzene rings is 1. The summed E-state index contributed by atoms with van der Waals surface area (Å²) in [5.74, 6) is -2.90. The van der Waals surface area contributed by atoms with Crippen LogP contribution in [-0.4, -0.2) is 51.7 Å². The van der Waals surface area contributed by atoms with Gasteiger partial charge in [-0.15, -0.1) is 0 Å². The lowest BCUT2D eigenvalue weighted by atomic mass is 10.0. The van der Waals surface area contributed by atoms with Crippen molar-refractivity contribution in [3.05, 3.63) is 53.5 Å². The van der Waals surface area contributed by atoms with Gasteiger partial charge in [-0.1, -0.05) is 12.8 Å². The van der Waals surface area contributed by atoms with Crippen molar-refractivity contribution in [2.45, 2.75) is 44.6 Å². The molecule has 0 unspecified atom stereocenters. The summed E-state index contributed by atoms with van der Waals surface area (Å²) < 4.78 is 26.8. The Hall–Kier alpha value is -3.43. The Bertz CT molecular complexity index is 1030. The molecule has 1 aliphatic carbocycles. The van der Waals surface area contributed by atoms with Gasteiger partial charge in [-0.05, 0) is 37.8 Å². The third-order valence-electron chi connectivity index (χ3n) is 6.12. The molecule has 174 valence electrons. The molecule has 33 heavy (non-hydrogen) atoms. The van der Waals surface area contributed by atoms with Crippen LogP contribution in [0.25, 0.3) is 0 Å². The quantitative estimate of drug-likeness (QED) is 0.719. The normalized spacial score (nSPS) is 17.1. The molecular weight excluding hydrogens is 432 g/mol. The first-order chi connectivity index (χ1) is 15.9. The van der Waals surface area contributed by atoms with Crippen LogP contribution < -0.4 is 10.6 Å². The van der Waals surface area contributed by atoms with Crippen molar-refractivity contribution in [3.63, 3.8) is 0 Å². The standard InChI is InChI=1S/C23H25F2N5O3/c24-16-11-15(12-17(25)13-16)21(31)29-20-19(26-7-8-27-20)22(32)28-18-5-9-30(10-6-18)23(33)14-3-1-2-4-14/h7-8,11-14,18H,1-6,9-10H2,(H,28,32)(H,27,29,31). The number of nitrogens with zero attached hydrogens (tertiary/aromatic N) is 3. The van der Waals surface area contributed by atoms with Crippen LogP contribution in [0.3, 0.4) is 0 Å². The van der Waals surface area contributed by atoms with Crippen LogP contribution >= 0.6 is 0 Å². The molecule has 2 aromatic rings. The number of hydrogen-bond acceptors (Lipinski definition) is 5. The van der Waals surface area contributed by atoms with Gasteiger partial charge < -0.3 is 15.5 Å². The molecule has 10 heteroatoms. The summed E-state index contributed by atoms with van der Waals surface area (Å²) in [6.07, 6.45) is 7.98. The molecule has 0 atom stereocenters. The van der Waals surface area contributed by atoms with E-state index in [9.17, 15) is 23.2 Å². The molecule has 2 heterocycles. The number of carbonyl (C=O) groups excluding carboxylic acids is 3. The molecule has 1 saturated heterocycles. The van der Waals surface area contributed by atoms with Crippen LogP contribution in [0, 0.1) is 17.6 Å². The number of hydrogen-bond donors (Lipinski definition) is 2. The molecule has 2 fully saturated rings. The SMILES string of the molecule is O=C(Nc1nccnc1C(=O)NC1CCN(C(=O)C2CCCC2)CC1)c1cc(F)cc(F)c1. The topological polar surface area (TPSA) is 104 Å². The maximum absolute atomic E-state index is 13.4. The highest BCUT2D eigenvalue weighted by molar-refractivity contribution is 6.07. The summed E-state index contributed by atoms with van der Waals surface area (Å²) in [5.41, 5.74) is -0.351. The maximum Gasteiger partial charge on any atom is 0.273 e. The smallest absolute Gasteiger partial charge is 0.273 e. The van der Waals surface area contributed by atoms with Crippen molar-refractivity contribution in [1.82, 2.24) is 20.2 Å². The lowest BCUT2D eigenvalue weighted by Gasteiger charge is -2.33. The average molecular weight is 457 g/mol. The predicted molar refractivity (Wildman–Crippen MR) is 115 cm³/mol. The molecule has 8 nitrogen and oxygen atoms in total. The summed E-state index contributed by atoms with van der Waals surface area (Å²) in [7, 11) is 0. The van der Waals surface area contributed by atoms with Crippen molar-refractivity contribution in [2.24, 2.45) is 5.92 Å². The fraction of sp³-hybridized carbons (Fsp3) is 0.435.